The molecule has 5 nitrogen and oxygen atoms in total. The van der Waals surface area contributed by atoms with Crippen LogP contribution in [0, 0.1) is 0 Å². The molecule has 0 spiro atoms. The Bertz CT molecular complexity index is 735. The van der Waals surface area contributed by atoms with Crippen LogP contribution in [-0.2, 0) is 17.8 Å². The largest absolute Gasteiger partial charge is 0.497 e. The molecule has 1 amide bonds. The third kappa shape index (κ3) is 5.34. The number of likely N-dealkylation sites (N-methyl/N-ethyl adjacent to an activating group) is 1. The molecule has 2 aromatic carbocycles. The highest BCUT2D eigenvalue weighted by molar-refractivity contribution is 5.79. The van der Waals surface area contributed by atoms with Crippen LogP contribution in [0.5, 0.6) is 17.2 Å². The maximum Gasteiger partial charge on any atom is 0.387 e. The predicted molar refractivity (Wildman–Crippen MR) is 92.8 cm³/mol. The van der Waals surface area contributed by atoms with E-state index >= 15 is 0 Å². The fourth-order valence-electron chi connectivity index (χ4n) is 2.46. The molecule has 0 aromatic heterocycles. The third-order valence-corrected chi connectivity index (χ3v) is 3.82. The van der Waals surface area contributed by atoms with E-state index in [4.69, 9.17) is 9.47 Å². The Balaban J connectivity index is 2.01. The van der Waals surface area contributed by atoms with Gasteiger partial charge in [-0.15, -0.1) is 0 Å². The zero-order valence-electron chi connectivity index (χ0n) is 14.9. The first-order valence-electron chi connectivity index (χ1n) is 7.91. The molecule has 0 bridgehead atoms. The van der Waals surface area contributed by atoms with Gasteiger partial charge < -0.3 is 19.1 Å². The number of alkyl halides is 2. The molecule has 26 heavy (non-hydrogen) atoms. The number of hydrogen-bond acceptors (Lipinski definition) is 4. The Kier molecular flexibility index (Phi) is 6.77. The van der Waals surface area contributed by atoms with Gasteiger partial charge in [-0.25, -0.2) is 0 Å². The minimum Gasteiger partial charge on any atom is -0.497 e. The van der Waals surface area contributed by atoms with Crippen molar-refractivity contribution in [2.45, 2.75) is 19.6 Å². The molecule has 0 heterocycles. The molecule has 0 aliphatic carbocycles. The molecule has 0 aliphatic rings. The number of carbonyl (C=O) groups excluding carboxylic acids is 1. The molecule has 2 rings (SSSR count). The van der Waals surface area contributed by atoms with E-state index in [0.29, 0.717) is 18.0 Å². The smallest absolute Gasteiger partial charge is 0.387 e. The summed E-state index contributed by atoms with van der Waals surface area (Å²) in [5.74, 6) is 1.23. The van der Waals surface area contributed by atoms with Crippen molar-refractivity contribution in [3.63, 3.8) is 0 Å². The zero-order chi connectivity index (χ0) is 19.1. The highest BCUT2D eigenvalue weighted by atomic mass is 19.3. The molecule has 0 fully saturated rings. The summed E-state index contributed by atoms with van der Waals surface area (Å²) < 4.78 is 39.1. The number of amides is 1. The molecule has 0 unspecified atom stereocenters. The van der Waals surface area contributed by atoms with Gasteiger partial charge in [-0.2, -0.15) is 8.78 Å². The van der Waals surface area contributed by atoms with Gasteiger partial charge in [0.25, 0.3) is 0 Å². The number of halogens is 2. The minimum absolute atomic E-state index is 0.0823. The van der Waals surface area contributed by atoms with Crippen molar-refractivity contribution in [2.75, 3.05) is 21.3 Å². The van der Waals surface area contributed by atoms with Crippen molar-refractivity contribution >= 4 is 5.91 Å². The molecule has 7 heteroatoms. The van der Waals surface area contributed by atoms with Crippen LogP contribution in [0.1, 0.15) is 11.1 Å². The number of carbonyl (C=O) groups is 1. The van der Waals surface area contributed by atoms with Gasteiger partial charge in [0.2, 0.25) is 5.91 Å². The van der Waals surface area contributed by atoms with Crippen LogP contribution in [0.2, 0.25) is 0 Å². The van der Waals surface area contributed by atoms with E-state index in [-0.39, 0.29) is 18.1 Å². The topological polar surface area (TPSA) is 48.0 Å². The highest BCUT2D eigenvalue weighted by Crippen LogP contribution is 2.25. The van der Waals surface area contributed by atoms with Gasteiger partial charge >= 0.3 is 6.61 Å². The summed E-state index contributed by atoms with van der Waals surface area (Å²) in [5.41, 5.74) is 1.53. The molecule has 140 valence electrons. The fraction of sp³-hybridized carbons (Fsp3) is 0.316. The average Bonchev–Trinajstić information content (AvgIpc) is 2.62. The van der Waals surface area contributed by atoms with E-state index in [9.17, 15) is 13.6 Å². The second-order valence-corrected chi connectivity index (χ2v) is 5.63. The molecule has 2 aromatic rings. The first-order valence-corrected chi connectivity index (χ1v) is 7.91. The molecule has 0 atom stereocenters. The zero-order valence-corrected chi connectivity index (χ0v) is 14.9. The van der Waals surface area contributed by atoms with Crippen molar-refractivity contribution in [3.8, 4) is 17.2 Å². The summed E-state index contributed by atoms with van der Waals surface area (Å²) >= 11 is 0. The lowest BCUT2D eigenvalue weighted by Crippen LogP contribution is -2.27. The maximum absolute atomic E-state index is 12.5. The number of methoxy groups -OCH3 is 2. The summed E-state index contributed by atoms with van der Waals surface area (Å²) in [6.45, 7) is -2.51. The van der Waals surface area contributed by atoms with Gasteiger partial charge in [-0.05, 0) is 35.9 Å². The Morgan fingerprint density at radius 1 is 1.04 bits per heavy atom. The SMILES string of the molecule is COc1ccc(OC)c(CC(=O)N(C)Cc2ccc(OC(F)F)cc2)c1. The maximum atomic E-state index is 12.5. The molecular weight excluding hydrogens is 344 g/mol. The Morgan fingerprint density at radius 2 is 1.69 bits per heavy atom. The van der Waals surface area contributed by atoms with Crippen LogP contribution in [0.3, 0.4) is 0 Å². The van der Waals surface area contributed by atoms with Crippen LogP contribution in [0.15, 0.2) is 42.5 Å². The monoisotopic (exact) mass is 365 g/mol. The van der Waals surface area contributed by atoms with E-state index in [1.165, 1.54) is 12.1 Å². The summed E-state index contributed by atoms with van der Waals surface area (Å²) in [6, 6.07) is 11.5. The van der Waals surface area contributed by atoms with E-state index in [0.717, 1.165) is 11.1 Å². The van der Waals surface area contributed by atoms with Crippen molar-refractivity contribution in [1.29, 1.82) is 0 Å². The average molecular weight is 365 g/mol. The van der Waals surface area contributed by atoms with Gasteiger partial charge in [-0.3, -0.25) is 4.79 Å². The quantitative estimate of drug-likeness (QED) is 0.718. The number of nitrogens with zero attached hydrogens (tertiary/aromatic N) is 1. The second kappa shape index (κ2) is 9.03. The predicted octanol–water partition coefficient (Wildman–Crippen LogP) is 3.51. The fourth-order valence-corrected chi connectivity index (χ4v) is 2.46. The first-order chi connectivity index (χ1) is 12.4. The lowest BCUT2D eigenvalue weighted by molar-refractivity contribution is -0.129. The molecule has 0 saturated heterocycles. The molecule has 0 aliphatic heterocycles. The summed E-state index contributed by atoms with van der Waals surface area (Å²) in [4.78, 5) is 14.1. The summed E-state index contributed by atoms with van der Waals surface area (Å²) in [6.07, 6.45) is 0.156. The van der Waals surface area contributed by atoms with Gasteiger partial charge in [0.05, 0.1) is 20.6 Å². The molecule has 0 saturated carbocycles. The highest BCUT2D eigenvalue weighted by Gasteiger charge is 2.14. The Labute approximate surface area is 151 Å². The van der Waals surface area contributed by atoms with E-state index in [1.807, 2.05) is 0 Å². The van der Waals surface area contributed by atoms with Crippen molar-refractivity contribution in [2.24, 2.45) is 0 Å². The van der Waals surface area contributed by atoms with Crippen LogP contribution >= 0.6 is 0 Å². The minimum atomic E-state index is -2.86. The van der Waals surface area contributed by atoms with Crippen LogP contribution in [-0.4, -0.2) is 38.7 Å². The van der Waals surface area contributed by atoms with Crippen LogP contribution < -0.4 is 14.2 Å². The van der Waals surface area contributed by atoms with E-state index in [1.54, 1.807) is 56.5 Å². The standard InChI is InChI=1S/C19H21F2NO4/c1-22(12-13-4-6-15(7-5-13)26-19(20)21)18(23)11-14-10-16(24-2)8-9-17(14)25-3/h4-10,19H,11-12H2,1-3H3. The first kappa shape index (κ1) is 19.5. The number of rotatable bonds is 8. The van der Waals surface area contributed by atoms with Gasteiger partial charge in [-0.1, -0.05) is 12.1 Å². The molecule has 0 radical (unpaired) electrons. The summed E-state index contributed by atoms with van der Waals surface area (Å²) in [5, 5.41) is 0. The van der Waals surface area contributed by atoms with Crippen LogP contribution in [0.4, 0.5) is 8.78 Å². The normalized spacial score (nSPS) is 10.5. The molecular formula is C19H21F2NO4. The Morgan fingerprint density at radius 3 is 2.27 bits per heavy atom. The third-order valence-electron chi connectivity index (χ3n) is 3.82. The lowest BCUT2D eigenvalue weighted by Gasteiger charge is -2.19. The van der Waals surface area contributed by atoms with Gasteiger partial charge in [0.15, 0.2) is 0 Å². The van der Waals surface area contributed by atoms with Gasteiger partial charge in [0, 0.05) is 19.2 Å². The molecule has 0 N–H and O–H groups in total. The van der Waals surface area contributed by atoms with Crippen molar-refractivity contribution in [3.05, 3.63) is 53.6 Å². The number of benzene rings is 2. The Hall–Kier alpha value is -2.83. The van der Waals surface area contributed by atoms with Crippen molar-refractivity contribution in [1.82, 2.24) is 4.90 Å². The second-order valence-electron chi connectivity index (χ2n) is 5.63. The summed E-state index contributed by atoms with van der Waals surface area (Å²) in [7, 11) is 4.78. The van der Waals surface area contributed by atoms with E-state index < -0.39 is 6.61 Å². The number of hydrogen-bond donors (Lipinski definition) is 0. The van der Waals surface area contributed by atoms with Gasteiger partial charge in [0.1, 0.15) is 17.2 Å². The van der Waals surface area contributed by atoms with E-state index in [2.05, 4.69) is 4.74 Å². The van der Waals surface area contributed by atoms with Crippen LogP contribution in [0.25, 0.3) is 0 Å². The van der Waals surface area contributed by atoms with Crippen molar-refractivity contribution < 1.29 is 27.8 Å². The lowest BCUT2D eigenvalue weighted by atomic mass is 10.1. The number of ether oxygens (including phenoxy) is 3.